The number of alkyl halides is 6. The topological polar surface area (TPSA) is 36.7 Å². The number of carbonyl (C=O) groups excluding carboxylic acids is 1. The first-order valence-corrected chi connectivity index (χ1v) is 8.89. The molecular formula is C19H18F6N2O2. The normalized spacial score (nSPS) is 16.7. The minimum atomic E-state index is -4.50. The van der Waals surface area contributed by atoms with Gasteiger partial charge in [0.2, 0.25) is 0 Å². The SMILES string of the molecule is O=C(c1ccc(-c2cccc(C(F)(F)F)c2)o1)N1CCCN(CC(F)(F)F)CC1. The van der Waals surface area contributed by atoms with Gasteiger partial charge in [-0.3, -0.25) is 9.69 Å². The Kier molecular flexibility index (Phi) is 5.92. The molecule has 1 fully saturated rings. The molecule has 4 nitrogen and oxygen atoms in total. The summed E-state index contributed by atoms with van der Waals surface area (Å²) in [6.07, 6.45) is -8.43. The van der Waals surface area contributed by atoms with E-state index < -0.39 is 30.4 Å². The molecular weight excluding hydrogens is 402 g/mol. The van der Waals surface area contributed by atoms with Gasteiger partial charge in [-0.1, -0.05) is 12.1 Å². The lowest BCUT2D eigenvalue weighted by Crippen LogP contribution is -2.38. The number of halogens is 6. The Labute approximate surface area is 162 Å². The minimum absolute atomic E-state index is 0.0679. The highest BCUT2D eigenvalue weighted by molar-refractivity contribution is 5.92. The fourth-order valence-corrected chi connectivity index (χ4v) is 3.20. The first kappa shape index (κ1) is 21.2. The lowest BCUT2D eigenvalue weighted by atomic mass is 10.1. The summed E-state index contributed by atoms with van der Waals surface area (Å²) in [6, 6.07) is 7.29. The van der Waals surface area contributed by atoms with Crippen molar-refractivity contribution in [3.8, 4) is 11.3 Å². The maximum absolute atomic E-state index is 12.9. The van der Waals surface area contributed by atoms with Gasteiger partial charge in [0.05, 0.1) is 12.1 Å². The van der Waals surface area contributed by atoms with Crippen molar-refractivity contribution < 1.29 is 35.6 Å². The molecule has 2 heterocycles. The molecule has 0 spiro atoms. The molecule has 1 aliphatic rings. The third-order valence-corrected chi connectivity index (χ3v) is 4.57. The molecule has 3 rings (SSSR count). The highest BCUT2D eigenvalue weighted by Gasteiger charge is 2.33. The molecule has 29 heavy (non-hydrogen) atoms. The Hall–Kier alpha value is -2.49. The predicted molar refractivity (Wildman–Crippen MR) is 92.2 cm³/mol. The standard InChI is InChI=1S/C19H18F6N2O2/c20-18(21,22)12-26-7-2-8-27(10-9-26)17(28)16-6-5-15(29-16)13-3-1-4-14(11-13)19(23,24)25/h1,3-6,11H,2,7-10,12H2. The second-order valence-corrected chi connectivity index (χ2v) is 6.78. The van der Waals surface area contributed by atoms with E-state index in [4.69, 9.17) is 4.42 Å². The van der Waals surface area contributed by atoms with E-state index in [9.17, 15) is 31.1 Å². The van der Waals surface area contributed by atoms with Gasteiger partial charge in [0.1, 0.15) is 5.76 Å². The van der Waals surface area contributed by atoms with Gasteiger partial charge in [0.25, 0.3) is 5.91 Å². The maximum atomic E-state index is 12.9. The van der Waals surface area contributed by atoms with Crippen molar-refractivity contribution in [3.05, 3.63) is 47.7 Å². The highest BCUT2D eigenvalue weighted by atomic mass is 19.4. The summed E-state index contributed by atoms with van der Waals surface area (Å²) in [4.78, 5) is 15.3. The predicted octanol–water partition coefficient (Wildman–Crippen LogP) is 4.68. The monoisotopic (exact) mass is 420 g/mol. The molecule has 10 heteroatoms. The summed E-state index contributed by atoms with van der Waals surface area (Å²) >= 11 is 0. The molecule has 0 N–H and O–H groups in total. The molecule has 0 radical (unpaired) electrons. The summed E-state index contributed by atoms with van der Waals surface area (Å²) in [5.41, 5.74) is -0.664. The molecule has 1 aliphatic heterocycles. The summed E-state index contributed by atoms with van der Waals surface area (Å²) in [6.45, 7) is -0.361. The van der Waals surface area contributed by atoms with Crippen molar-refractivity contribution in [2.75, 3.05) is 32.7 Å². The van der Waals surface area contributed by atoms with Crippen molar-refractivity contribution in [2.45, 2.75) is 18.8 Å². The lowest BCUT2D eigenvalue weighted by Gasteiger charge is -2.22. The number of hydrogen-bond donors (Lipinski definition) is 0. The summed E-state index contributed by atoms with van der Waals surface area (Å²) in [5, 5.41) is 0. The second kappa shape index (κ2) is 8.10. The fraction of sp³-hybridized carbons (Fsp3) is 0.421. The molecule has 1 aromatic carbocycles. The molecule has 0 atom stereocenters. The van der Waals surface area contributed by atoms with Crippen LogP contribution in [0.25, 0.3) is 11.3 Å². The summed E-state index contributed by atoms with van der Waals surface area (Å²) in [7, 11) is 0. The minimum Gasteiger partial charge on any atom is -0.451 e. The summed E-state index contributed by atoms with van der Waals surface area (Å²) < 4.78 is 81.7. The van der Waals surface area contributed by atoms with E-state index in [1.807, 2.05) is 0 Å². The quantitative estimate of drug-likeness (QED) is 0.677. The Bertz CT molecular complexity index is 859. The first-order chi connectivity index (χ1) is 13.5. The Balaban J connectivity index is 1.70. The zero-order valence-electron chi connectivity index (χ0n) is 15.2. The Morgan fingerprint density at radius 3 is 2.41 bits per heavy atom. The van der Waals surface area contributed by atoms with Crippen molar-refractivity contribution in [1.29, 1.82) is 0 Å². The van der Waals surface area contributed by atoms with Crippen LogP contribution in [0.15, 0.2) is 40.8 Å². The fourth-order valence-electron chi connectivity index (χ4n) is 3.20. The van der Waals surface area contributed by atoms with Crippen molar-refractivity contribution in [1.82, 2.24) is 9.80 Å². The number of hydrogen-bond acceptors (Lipinski definition) is 3. The molecule has 158 valence electrons. The van der Waals surface area contributed by atoms with Crippen LogP contribution in [0.4, 0.5) is 26.3 Å². The average molecular weight is 420 g/mol. The van der Waals surface area contributed by atoms with Crippen LogP contribution in [0, 0.1) is 0 Å². The third-order valence-electron chi connectivity index (χ3n) is 4.57. The number of benzene rings is 1. The molecule has 1 amide bonds. The van der Waals surface area contributed by atoms with E-state index in [1.54, 1.807) is 0 Å². The molecule has 2 aromatic rings. The molecule has 1 saturated heterocycles. The number of nitrogens with zero attached hydrogens (tertiary/aromatic N) is 2. The third kappa shape index (κ3) is 5.53. The molecule has 0 saturated carbocycles. The Morgan fingerprint density at radius 1 is 0.966 bits per heavy atom. The average Bonchev–Trinajstić information content (AvgIpc) is 3.01. The van der Waals surface area contributed by atoms with Crippen molar-refractivity contribution in [2.24, 2.45) is 0 Å². The first-order valence-electron chi connectivity index (χ1n) is 8.89. The van der Waals surface area contributed by atoms with E-state index >= 15 is 0 Å². The molecule has 0 unspecified atom stereocenters. The van der Waals surface area contributed by atoms with E-state index in [0.29, 0.717) is 6.42 Å². The van der Waals surface area contributed by atoms with Crippen LogP contribution in [0.5, 0.6) is 0 Å². The van der Waals surface area contributed by atoms with Gasteiger partial charge in [-0.15, -0.1) is 0 Å². The van der Waals surface area contributed by atoms with E-state index in [2.05, 4.69) is 0 Å². The molecule has 0 bridgehead atoms. The van der Waals surface area contributed by atoms with Gasteiger partial charge >= 0.3 is 12.4 Å². The lowest BCUT2D eigenvalue weighted by molar-refractivity contribution is -0.145. The van der Waals surface area contributed by atoms with Gasteiger partial charge in [0.15, 0.2) is 5.76 Å². The number of amides is 1. The second-order valence-electron chi connectivity index (χ2n) is 6.78. The smallest absolute Gasteiger partial charge is 0.416 e. The van der Waals surface area contributed by atoms with Crippen LogP contribution in [-0.4, -0.2) is 54.6 Å². The largest absolute Gasteiger partial charge is 0.451 e. The number of carbonyl (C=O) groups is 1. The van der Waals surface area contributed by atoms with Crippen LogP contribution >= 0.6 is 0 Å². The maximum Gasteiger partial charge on any atom is 0.416 e. The molecule has 1 aromatic heterocycles. The van der Waals surface area contributed by atoms with E-state index in [0.717, 1.165) is 12.1 Å². The highest BCUT2D eigenvalue weighted by Crippen LogP contribution is 2.32. The van der Waals surface area contributed by atoms with Gasteiger partial charge in [-0.25, -0.2) is 0 Å². The van der Waals surface area contributed by atoms with E-state index in [-0.39, 0.29) is 43.3 Å². The Morgan fingerprint density at radius 2 is 1.72 bits per heavy atom. The van der Waals surface area contributed by atoms with Crippen LogP contribution in [0.1, 0.15) is 22.5 Å². The van der Waals surface area contributed by atoms with Crippen LogP contribution in [0.2, 0.25) is 0 Å². The van der Waals surface area contributed by atoms with E-state index in [1.165, 1.54) is 34.1 Å². The molecule has 0 aliphatic carbocycles. The van der Waals surface area contributed by atoms with Crippen molar-refractivity contribution in [3.63, 3.8) is 0 Å². The van der Waals surface area contributed by atoms with Gasteiger partial charge < -0.3 is 9.32 Å². The van der Waals surface area contributed by atoms with Gasteiger partial charge in [0, 0.05) is 31.7 Å². The van der Waals surface area contributed by atoms with Crippen LogP contribution in [0.3, 0.4) is 0 Å². The van der Waals surface area contributed by atoms with Crippen LogP contribution < -0.4 is 0 Å². The zero-order valence-corrected chi connectivity index (χ0v) is 15.2. The van der Waals surface area contributed by atoms with Crippen LogP contribution in [-0.2, 0) is 6.18 Å². The summed E-state index contributed by atoms with van der Waals surface area (Å²) in [5.74, 6) is -0.466. The van der Waals surface area contributed by atoms with Gasteiger partial charge in [-0.05, 0) is 30.7 Å². The van der Waals surface area contributed by atoms with Gasteiger partial charge in [-0.2, -0.15) is 26.3 Å². The zero-order chi connectivity index (χ0) is 21.2. The number of furan rings is 1. The number of rotatable bonds is 3. The van der Waals surface area contributed by atoms with Crippen molar-refractivity contribution >= 4 is 5.91 Å².